The number of furan rings is 1. The normalized spacial score (nSPS) is 21.0. The standard InChI is InChI=1S/C15H17BrN4O4/c1-8(2)6-15(3)13(21)20(14(22)17-15)7-11-18-19-12(24-11)9-4-5-10(16)23-9/h4-5,8H,6-7H2,1-3H3,(H,17,22). The number of carbonyl (C=O) groups excluding carboxylic acids is 2. The zero-order valence-corrected chi connectivity index (χ0v) is 15.1. The van der Waals surface area contributed by atoms with E-state index >= 15 is 0 Å². The molecule has 1 aliphatic rings. The number of amides is 3. The summed E-state index contributed by atoms with van der Waals surface area (Å²) in [7, 11) is 0. The lowest BCUT2D eigenvalue weighted by Crippen LogP contribution is -2.44. The predicted molar refractivity (Wildman–Crippen MR) is 86.6 cm³/mol. The molecule has 0 radical (unpaired) electrons. The minimum Gasteiger partial charge on any atom is -0.444 e. The lowest BCUT2D eigenvalue weighted by Gasteiger charge is -2.23. The van der Waals surface area contributed by atoms with Gasteiger partial charge in [-0.1, -0.05) is 13.8 Å². The van der Waals surface area contributed by atoms with E-state index < -0.39 is 11.6 Å². The van der Waals surface area contributed by atoms with Gasteiger partial charge < -0.3 is 14.2 Å². The Labute approximate surface area is 146 Å². The first-order valence-electron chi connectivity index (χ1n) is 7.51. The third kappa shape index (κ3) is 3.08. The van der Waals surface area contributed by atoms with Crippen molar-refractivity contribution in [3.63, 3.8) is 0 Å². The van der Waals surface area contributed by atoms with Gasteiger partial charge in [-0.2, -0.15) is 0 Å². The maximum Gasteiger partial charge on any atom is 0.325 e. The van der Waals surface area contributed by atoms with Gasteiger partial charge in [-0.05, 0) is 47.3 Å². The molecule has 0 saturated carbocycles. The lowest BCUT2D eigenvalue weighted by atomic mass is 9.91. The van der Waals surface area contributed by atoms with Crippen LogP contribution >= 0.6 is 15.9 Å². The Morgan fingerprint density at radius 3 is 2.67 bits per heavy atom. The topological polar surface area (TPSA) is 101 Å². The molecule has 8 nitrogen and oxygen atoms in total. The highest BCUT2D eigenvalue weighted by atomic mass is 79.9. The summed E-state index contributed by atoms with van der Waals surface area (Å²) in [5.74, 6) is 0.735. The molecular formula is C15H17BrN4O4. The largest absolute Gasteiger partial charge is 0.444 e. The fraction of sp³-hybridized carbons (Fsp3) is 0.467. The van der Waals surface area contributed by atoms with Crippen molar-refractivity contribution < 1.29 is 18.4 Å². The Bertz CT molecular complexity index is 784. The van der Waals surface area contributed by atoms with Crippen molar-refractivity contribution >= 4 is 27.9 Å². The number of aromatic nitrogens is 2. The number of halogens is 1. The molecule has 1 aliphatic heterocycles. The molecule has 1 unspecified atom stereocenters. The van der Waals surface area contributed by atoms with Gasteiger partial charge in [-0.3, -0.25) is 9.69 Å². The Hall–Kier alpha value is -2.16. The molecule has 0 aliphatic carbocycles. The molecule has 3 amide bonds. The molecule has 0 aromatic carbocycles. The molecule has 1 atom stereocenters. The second-order valence-corrected chi connectivity index (χ2v) is 7.14. The van der Waals surface area contributed by atoms with Crippen LogP contribution in [-0.2, 0) is 11.3 Å². The Kier molecular flexibility index (Phi) is 4.20. The van der Waals surface area contributed by atoms with Crippen molar-refractivity contribution in [3.8, 4) is 11.7 Å². The van der Waals surface area contributed by atoms with Crippen molar-refractivity contribution in [2.24, 2.45) is 5.92 Å². The van der Waals surface area contributed by atoms with E-state index in [1.807, 2.05) is 13.8 Å². The second kappa shape index (κ2) is 6.04. The van der Waals surface area contributed by atoms with Gasteiger partial charge >= 0.3 is 6.03 Å². The highest BCUT2D eigenvalue weighted by Gasteiger charge is 2.48. The summed E-state index contributed by atoms with van der Waals surface area (Å²) in [4.78, 5) is 25.8. The number of nitrogens with one attached hydrogen (secondary N) is 1. The van der Waals surface area contributed by atoms with Crippen molar-refractivity contribution in [1.29, 1.82) is 0 Å². The first-order chi connectivity index (χ1) is 11.3. The van der Waals surface area contributed by atoms with Gasteiger partial charge in [-0.15, -0.1) is 10.2 Å². The molecule has 2 aromatic heterocycles. The maximum absolute atomic E-state index is 12.6. The van der Waals surface area contributed by atoms with E-state index in [0.717, 1.165) is 4.90 Å². The molecular weight excluding hydrogens is 380 g/mol. The molecule has 0 spiro atoms. The number of rotatable bonds is 5. The van der Waals surface area contributed by atoms with E-state index in [-0.39, 0.29) is 30.2 Å². The Balaban J connectivity index is 1.76. The van der Waals surface area contributed by atoms with Crippen LogP contribution in [0.2, 0.25) is 0 Å². The summed E-state index contributed by atoms with van der Waals surface area (Å²) in [5.41, 5.74) is -0.903. The number of hydrogen-bond donors (Lipinski definition) is 1. The summed E-state index contributed by atoms with van der Waals surface area (Å²) in [6.07, 6.45) is 0.559. The van der Waals surface area contributed by atoms with E-state index in [9.17, 15) is 9.59 Å². The molecule has 0 bridgehead atoms. The van der Waals surface area contributed by atoms with Gasteiger partial charge in [0.05, 0.1) is 0 Å². The van der Waals surface area contributed by atoms with E-state index in [0.29, 0.717) is 16.9 Å². The third-order valence-corrected chi connectivity index (χ3v) is 4.13. The fourth-order valence-corrected chi connectivity index (χ4v) is 3.13. The van der Waals surface area contributed by atoms with Crippen LogP contribution in [0.3, 0.4) is 0 Å². The zero-order valence-electron chi connectivity index (χ0n) is 13.5. The fourth-order valence-electron chi connectivity index (χ4n) is 2.83. The lowest BCUT2D eigenvalue weighted by molar-refractivity contribution is -0.131. The Morgan fingerprint density at radius 1 is 1.29 bits per heavy atom. The van der Waals surface area contributed by atoms with Crippen LogP contribution in [0.5, 0.6) is 0 Å². The van der Waals surface area contributed by atoms with Gasteiger partial charge in [0.2, 0.25) is 5.89 Å². The quantitative estimate of drug-likeness (QED) is 0.779. The maximum atomic E-state index is 12.6. The van der Waals surface area contributed by atoms with Crippen LogP contribution < -0.4 is 5.32 Å². The average molecular weight is 397 g/mol. The Morgan fingerprint density at radius 2 is 2.04 bits per heavy atom. The number of imide groups is 1. The molecule has 3 rings (SSSR count). The van der Waals surface area contributed by atoms with Crippen molar-refractivity contribution in [3.05, 3.63) is 22.7 Å². The van der Waals surface area contributed by atoms with E-state index in [1.54, 1.807) is 19.1 Å². The highest BCUT2D eigenvalue weighted by molar-refractivity contribution is 9.10. The first kappa shape index (κ1) is 16.7. The van der Waals surface area contributed by atoms with Crippen LogP contribution in [0.25, 0.3) is 11.7 Å². The van der Waals surface area contributed by atoms with Crippen molar-refractivity contribution in [2.45, 2.75) is 39.3 Å². The zero-order chi connectivity index (χ0) is 17.5. The molecule has 1 fully saturated rings. The van der Waals surface area contributed by atoms with E-state index in [4.69, 9.17) is 8.83 Å². The summed E-state index contributed by atoms with van der Waals surface area (Å²) in [5, 5.41) is 10.5. The second-order valence-electron chi connectivity index (χ2n) is 6.36. The minimum atomic E-state index is -0.903. The van der Waals surface area contributed by atoms with Gasteiger partial charge in [0, 0.05) is 0 Å². The minimum absolute atomic E-state index is 0.0762. The van der Waals surface area contributed by atoms with Gasteiger partial charge in [0.25, 0.3) is 11.8 Å². The summed E-state index contributed by atoms with van der Waals surface area (Å²) >= 11 is 3.19. The highest BCUT2D eigenvalue weighted by Crippen LogP contribution is 2.27. The van der Waals surface area contributed by atoms with Crippen LogP contribution in [-0.4, -0.2) is 32.6 Å². The predicted octanol–water partition coefficient (Wildman–Crippen LogP) is 2.95. The molecule has 9 heteroatoms. The van der Waals surface area contributed by atoms with E-state index in [2.05, 4.69) is 31.4 Å². The molecule has 128 valence electrons. The summed E-state index contributed by atoms with van der Waals surface area (Å²) < 4.78 is 11.4. The third-order valence-electron chi connectivity index (χ3n) is 3.71. The molecule has 1 saturated heterocycles. The first-order valence-corrected chi connectivity index (χ1v) is 8.30. The van der Waals surface area contributed by atoms with Gasteiger partial charge in [-0.25, -0.2) is 4.79 Å². The SMILES string of the molecule is CC(C)CC1(C)NC(=O)N(Cc2nnc(-c3ccc(Br)o3)o2)C1=O. The molecule has 24 heavy (non-hydrogen) atoms. The average Bonchev–Trinajstić information content (AvgIpc) is 3.15. The van der Waals surface area contributed by atoms with E-state index in [1.165, 1.54) is 0 Å². The van der Waals surface area contributed by atoms with Crippen LogP contribution in [0, 0.1) is 5.92 Å². The molecule has 3 heterocycles. The number of nitrogens with zero attached hydrogens (tertiary/aromatic N) is 3. The number of hydrogen-bond acceptors (Lipinski definition) is 6. The van der Waals surface area contributed by atoms with Crippen LogP contribution in [0.15, 0.2) is 25.6 Å². The monoisotopic (exact) mass is 396 g/mol. The molecule has 1 N–H and O–H groups in total. The summed E-state index contributed by atoms with van der Waals surface area (Å²) in [6.45, 7) is 5.65. The van der Waals surface area contributed by atoms with Crippen LogP contribution in [0.1, 0.15) is 33.1 Å². The van der Waals surface area contributed by atoms with Gasteiger partial charge in [0.1, 0.15) is 12.1 Å². The molecule has 2 aromatic rings. The summed E-state index contributed by atoms with van der Waals surface area (Å²) in [6, 6.07) is 2.92. The van der Waals surface area contributed by atoms with Gasteiger partial charge in [0.15, 0.2) is 10.4 Å². The number of urea groups is 1. The van der Waals surface area contributed by atoms with Crippen molar-refractivity contribution in [2.75, 3.05) is 0 Å². The smallest absolute Gasteiger partial charge is 0.325 e. The van der Waals surface area contributed by atoms with Crippen molar-refractivity contribution in [1.82, 2.24) is 20.4 Å². The van der Waals surface area contributed by atoms with Crippen LogP contribution in [0.4, 0.5) is 4.79 Å². The number of carbonyl (C=O) groups is 2.